The highest BCUT2D eigenvalue weighted by molar-refractivity contribution is 7.86. The number of alkyl carbamates (subject to hydrolysis) is 1. The van der Waals surface area contributed by atoms with E-state index < -0.39 is 26.7 Å². The van der Waals surface area contributed by atoms with Gasteiger partial charge in [0.05, 0.1) is 9.82 Å². The molecular weight excluding hydrogens is 454 g/mol. The monoisotopic (exact) mass is 483 g/mol. The SMILES string of the molecule is CC(C)(C)OC(=O)NCCCC(=O)NCCCC#CCOS(=O)(=O)c1ccc([N+](=O)[O-])cc1. The van der Waals surface area contributed by atoms with Crippen LogP contribution < -0.4 is 10.6 Å². The minimum absolute atomic E-state index is 0.147. The van der Waals surface area contributed by atoms with Crippen molar-refractivity contribution in [3.05, 3.63) is 34.4 Å². The first-order valence-electron chi connectivity index (χ1n) is 10.2. The number of non-ortho nitro benzene ring substituents is 1. The Labute approximate surface area is 193 Å². The molecule has 0 atom stereocenters. The average Bonchev–Trinajstić information content (AvgIpc) is 2.72. The van der Waals surface area contributed by atoms with Crippen LogP contribution in [-0.2, 0) is 23.8 Å². The average molecular weight is 484 g/mol. The summed E-state index contributed by atoms with van der Waals surface area (Å²) in [5, 5.41) is 15.9. The van der Waals surface area contributed by atoms with E-state index >= 15 is 0 Å². The number of nitrogens with zero attached hydrogens (tertiary/aromatic N) is 1. The van der Waals surface area contributed by atoms with Crippen LogP contribution in [-0.4, -0.2) is 50.6 Å². The molecule has 11 nitrogen and oxygen atoms in total. The van der Waals surface area contributed by atoms with E-state index in [0.29, 0.717) is 32.4 Å². The van der Waals surface area contributed by atoms with Crippen LogP contribution in [0, 0.1) is 22.0 Å². The number of nitro groups is 1. The molecule has 33 heavy (non-hydrogen) atoms. The van der Waals surface area contributed by atoms with E-state index in [4.69, 9.17) is 8.92 Å². The van der Waals surface area contributed by atoms with Gasteiger partial charge in [-0.1, -0.05) is 5.92 Å². The van der Waals surface area contributed by atoms with Gasteiger partial charge in [-0.05, 0) is 45.7 Å². The fourth-order valence-corrected chi connectivity index (χ4v) is 3.12. The molecule has 0 fully saturated rings. The number of unbranched alkanes of at least 4 members (excludes halogenated alkanes) is 1. The van der Waals surface area contributed by atoms with Gasteiger partial charge in [0.1, 0.15) is 12.2 Å². The van der Waals surface area contributed by atoms with Crippen molar-refractivity contribution < 1.29 is 31.9 Å². The number of ether oxygens (including phenoxy) is 1. The lowest BCUT2D eigenvalue weighted by molar-refractivity contribution is -0.384. The number of hydrogen-bond acceptors (Lipinski definition) is 8. The molecule has 12 heteroatoms. The Bertz CT molecular complexity index is 973. The van der Waals surface area contributed by atoms with Crippen molar-refractivity contribution in [1.29, 1.82) is 0 Å². The highest BCUT2D eigenvalue weighted by Gasteiger charge is 2.16. The van der Waals surface area contributed by atoms with Crippen molar-refractivity contribution in [1.82, 2.24) is 10.6 Å². The van der Waals surface area contributed by atoms with Crippen molar-refractivity contribution in [2.24, 2.45) is 0 Å². The maximum atomic E-state index is 12.0. The molecule has 0 aromatic heterocycles. The van der Waals surface area contributed by atoms with E-state index in [9.17, 15) is 28.1 Å². The molecular formula is C21H29N3O8S. The molecule has 0 bridgehead atoms. The van der Waals surface area contributed by atoms with Crippen LogP contribution in [0.2, 0.25) is 0 Å². The maximum absolute atomic E-state index is 12.0. The summed E-state index contributed by atoms with van der Waals surface area (Å²) in [6, 6.07) is 4.34. The molecule has 0 unspecified atom stereocenters. The van der Waals surface area contributed by atoms with Gasteiger partial charge in [-0.2, -0.15) is 8.42 Å². The maximum Gasteiger partial charge on any atom is 0.407 e. The second-order valence-corrected chi connectivity index (χ2v) is 9.42. The number of carbonyl (C=O) groups excluding carboxylic acids is 2. The molecule has 0 radical (unpaired) electrons. The Kier molecular flexibility index (Phi) is 11.3. The third-order valence-corrected chi connectivity index (χ3v) is 5.07. The van der Waals surface area contributed by atoms with Crippen LogP contribution in [0.3, 0.4) is 0 Å². The first-order chi connectivity index (χ1) is 15.4. The summed E-state index contributed by atoms with van der Waals surface area (Å²) in [7, 11) is -4.05. The number of amides is 2. The lowest BCUT2D eigenvalue weighted by Gasteiger charge is -2.19. The van der Waals surface area contributed by atoms with Crippen molar-refractivity contribution in [3.63, 3.8) is 0 Å². The second kappa shape index (κ2) is 13.4. The zero-order valence-corrected chi connectivity index (χ0v) is 19.7. The lowest BCUT2D eigenvalue weighted by Crippen LogP contribution is -2.33. The van der Waals surface area contributed by atoms with Gasteiger partial charge in [-0.3, -0.25) is 19.1 Å². The molecule has 2 amide bonds. The topological polar surface area (TPSA) is 154 Å². The van der Waals surface area contributed by atoms with E-state index in [1.54, 1.807) is 20.8 Å². The Morgan fingerprint density at radius 1 is 1.06 bits per heavy atom. The van der Waals surface area contributed by atoms with Crippen LogP contribution in [0.15, 0.2) is 29.2 Å². The third kappa shape index (κ3) is 12.4. The molecule has 1 aromatic rings. The lowest BCUT2D eigenvalue weighted by atomic mass is 10.2. The fourth-order valence-electron chi connectivity index (χ4n) is 2.30. The van der Waals surface area contributed by atoms with Gasteiger partial charge in [0.15, 0.2) is 0 Å². The summed E-state index contributed by atoms with van der Waals surface area (Å²) >= 11 is 0. The molecule has 0 aliphatic carbocycles. The Morgan fingerprint density at radius 3 is 2.30 bits per heavy atom. The number of carbonyl (C=O) groups is 2. The molecule has 1 aromatic carbocycles. The van der Waals surface area contributed by atoms with Crippen LogP contribution in [0.1, 0.15) is 46.5 Å². The molecule has 1 rings (SSSR count). The molecule has 0 saturated heterocycles. The minimum atomic E-state index is -4.05. The molecule has 0 aliphatic rings. The van der Waals surface area contributed by atoms with E-state index in [2.05, 4.69) is 22.5 Å². The van der Waals surface area contributed by atoms with E-state index in [1.807, 2.05) is 0 Å². The zero-order valence-electron chi connectivity index (χ0n) is 18.9. The largest absolute Gasteiger partial charge is 0.444 e. The van der Waals surface area contributed by atoms with E-state index in [-0.39, 0.29) is 29.5 Å². The van der Waals surface area contributed by atoms with Crippen molar-refractivity contribution in [2.75, 3.05) is 19.7 Å². The summed E-state index contributed by atoms with van der Waals surface area (Å²) in [6.45, 7) is 5.69. The smallest absolute Gasteiger partial charge is 0.407 e. The van der Waals surface area contributed by atoms with Crippen molar-refractivity contribution in [3.8, 4) is 11.8 Å². The molecule has 0 saturated carbocycles. The number of nitro benzene ring substituents is 1. The number of hydrogen-bond donors (Lipinski definition) is 2. The number of nitrogens with one attached hydrogen (secondary N) is 2. The highest BCUT2D eigenvalue weighted by Crippen LogP contribution is 2.17. The first kappa shape index (κ1) is 27.9. The zero-order chi connectivity index (χ0) is 24.9. The molecule has 0 aliphatic heterocycles. The molecule has 0 heterocycles. The number of rotatable bonds is 11. The molecule has 0 spiro atoms. The third-order valence-electron chi connectivity index (χ3n) is 3.80. The molecule has 2 N–H and O–H groups in total. The van der Waals surface area contributed by atoms with Gasteiger partial charge >= 0.3 is 6.09 Å². The summed E-state index contributed by atoms with van der Waals surface area (Å²) in [4.78, 5) is 33.0. The minimum Gasteiger partial charge on any atom is -0.444 e. The predicted octanol–water partition coefficient (Wildman–Crippen LogP) is 2.50. The summed E-state index contributed by atoms with van der Waals surface area (Å²) < 4.78 is 33.9. The van der Waals surface area contributed by atoms with Crippen molar-refractivity contribution >= 4 is 27.8 Å². The Hall–Kier alpha value is -3.17. The van der Waals surface area contributed by atoms with Gasteiger partial charge in [0.25, 0.3) is 15.8 Å². The van der Waals surface area contributed by atoms with Crippen LogP contribution in [0.4, 0.5) is 10.5 Å². The standard InChI is InChI=1S/C21H29N3O8S/c1-21(2,3)32-20(26)23-15-8-9-19(25)22-14-6-4-5-7-16-31-33(29,30)18-12-10-17(11-13-18)24(27)28/h10-13H,4,6,8-9,14-16H2,1-3H3,(H,22,25)(H,23,26). The number of benzene rings is 1. The first-order valence-corrected chi connectivity index (χ1v) is 11.6. The van der Waals surface area contributed by atoms with Gasteiger partial charge in [-0.15, -0.1) is 5.92 Å². The molecule has 182 valence electrons. The predicted molar refractivity (Wildman–Crippen MR) is 120 cm³/mol. The van der Waals surface area contributed by atoms with Gasteiger partial charge in [-0.25, -0.2) is 4.79 Å². The Balaban J connectivity index is 2.16. The quantitative estimate of drug-likeness (QED) is 0.160. The van der Waals surface area contributed by atoms with E-state index in [1.165, 1.54) is 0 Å². The van der Waals surface area contributed by atoms with Crippen LogP contribution in [0.25, 0.3) is 0 Å². The van der Waals surface area contributed by atoms with Crippen LogP contribution >= 0.6 is 0 Å². The second-order valence-electron chi connectivity index (χ2n) is 7.81. The Morgan fingerprint density at radius 2 is 1.70 bits per heavy atom. The van der Waals surface area contributed by atoms with Gasteiger partial charge in [0.2, 0.25) is 5.91 Å². The summed E-state index contributed by atoms with van der Waals surface area (Å²) in [6.07, 6.45) is 1.22. The van der Waals surface area contributed by atoms with Crippen LogP contribution in [0.5, 0.6) is 0 Å². The van der Waals surface area contributed by atoms with E-state index in [0.717, 1.165) is 24.3 Å². The van der Waals surface area contributed by atoms with Gasteiger partial charge in [0, 0.05) is 38.1 Å². The van der Waals surface area contributed by atoms with Gasteiger partial charge < -0.3 is 15.4 Å². The normalized spacial score (nSPS) is 11.1. The summed E-state index contributed by atoms with van der Waals surface area (Å²) in [5.74, 6) is 5.18. The summed E-state index contributed by atoms with van der Waals surface area (Å²) in [5.41, 5.74) is -0.795. The van der Waals surface area contributed by atoms with Crippen molar-refractivity contribution in [2.45, 2.75) is 57.0 Å². The fraction of sp³-hybridized carbons (Fsp3) is 0.524. The highest BCUT2D eigenvalue weighted by atomic mass is 32.2.